The Hall–Kier alpha value is -1.88. The third kappa shape index (κ3) is 4.85. The standard InChI is InChI=1S/C21H24BrFN2O/c1-15-10-12-25(13-11-15)18-8-6-17(7-9-18)24-21(26)19(22)14-16-4-2-3-5-20(16)23/h2-9,15,19H,10-14H2,1H3,(H,24,26). The van der Waals surface area contributed by atoms with Crippen LogP contribution in [0, 0.1) is 11.7 Å². The number of nitrogens with zero attached hydrogens (tertiary/aromatic N) is 1. The number of hydrogen-bond donors (Lipinski definition) is 1. The first-order valence-corrected chi connectivity index (χ1v) is 9.98. The zero-order valence-electron chi connectivity index (χ0n) is 14.9. The van der Waals surface area contributed by atoms with Gasteiger partial charge in [-0.1, -0.05) is 41.1 Å². The van der Waals surface area contributed by atoms with Gasteiger partial charge in [-0.3, -0.25) is 4.79 Å². The molecule has 1 amide bonds. The average molecular weight is 419 g/mol. The molecule has 0 bridgehead atoms. The summed E-state index contributed by atoms with van der Waals surface area (Å²) < 4.78 is 13.7. The fraction of sp³-hybridized carbons (Fsp3) is 0.381. The number of piperidine rings is 1. The monoisotopic (exact) mass is 418 g/mol. The van der Waals surface area contributed by atoms with Gasteiger partial charge < -0.3 is 10.2 Å². The minimum atomic E-state index is -0.484. The Balaban J connectivity index is 1.56. The van der Waals surface area contributed by atoms with E-state index in [9.17, 15) is 9.18 Å². The number of anilines is 2. The predicted octanol–water partition coefficient (Wildman–Crippen LogP) is 5.01. The van der Waals surface area contributed by atoms with E-state index in [1.165, 1.54) is 24.6 Å². The Bertz CT molecular complexity index is 742. The van der Waals surface area contributed by atoms with Crippen molar-refractivity contribution in [2.45, 2.75) is 31.0 Å². The van der Waals surface area contributed by atoms with Gasteiger partial charge in [0, 0.05) is 24.5 Å². The molecule has 3 nitrogen and oxygen atoms in total. The molecule has 0 radical (unpaired) electrons. The van der Waals surface area contributed by atoms with Crippen molar-refractivity contribution in [2.75, 3.05) is 23.3 Å². The van der Waals surface area contributed by atoms with Gasteiger partial charge in [0.1, 0.15) is 5.82 Å². The number of rotatable bonds is 5. The average Bonchev–Trinajstić information content (AvgIpc) is 2.65. The van der Waals surface area contributed by atoms with Crippen molar-refractivity contribution in [2.24, 2.45) is 5.92 Å². The highest BCUT2D eigenvalue weighted by Crippen LogP contribution is 2.24. The van der Waals surface area contributed by atoms with Crippen molar-refractivity contribution >= 4 is 33.2 Å². The summed E-state index contributed by atoms with van der Waals surface area (Å²) in [6.07, 6.45) is 2.75. The molecule has 1 fully saturated rings. The van der Waals surface area contributed by atoms with Gasteiger partial charge in [-0.25, -0.2) is 4.39 Å². The highest BCUT2D eigenvalue weighted by molar-refractivity contribution is 9.10. The van der Waals surface area contributed by atoms with Crippen molar-refractivity contribution in [1.29, 1.82) is 0 Å². The van der Waals surface area contributed by atoms with Crippen LogP contribution >= 0.6 is 15.9 Å². The lowest BCUT2D eigenvalue weighted by atomic mass is 9.99. The summed E-state index contributed by atoms with van der Waals surface area (Å²) in [5, 5.41) is 2.89. The number of nitrogens with one attached hydrogen (secondary N) is 1. The highest BCUT2D eigenvalue weighted by Gasteiger charge is 2.18. The molecular formula is C21H24BrFN2O. The molecule has 2 aromatic carbocycles. The molecule has 3 rings (SSSR count). The topological polar surface area (TPSA) is 32.3 Å². The first-order valence-electron chi connectivity index (χ1n) is 9.06. The fourth-order valence-electron chi connectivity index (χ4n) is 3.19. The molecular weight excluding hydrogens is 395 g/mol. The maximum absolute atomic E-state index is 13.7. The van der Waals surface area contributed by atoms with Crippen LogP contribution in [0.15, 0.2) is 48.5 Å². The van der Waals surface area contributed by atoms with Crippen LogP contribution in [0.25, 0.3) is 0 Å². The lowest BCUT2D eigenvalue weighted by molar-refractivity contribution is -0.115. The molecule has 0 aromatic heterocycles. The van der Waals surface area contributed by atoms with Crippen LogP contribution in [-0.2, 0) is 11.2 Å². The largest absolute Gasteiger partial charge is 0.372 e. The second-order valence-electron chi connectivity index (χ2n) is 6.97. The van der Waals surface area contributed by atoms with Crippen molar-refractivity contribution in [1.82, 2.24) is 0 Å². The zero-order valence-corrected chi connectivity index (χ0v) is 16.5. The fourth-order valence-corrected chi connectivity index (χ4v) is 3.66. The Morgan fingerprint density at radius 2 is 1.85 bits per heavy atom. The van der Waals surface area contributed by atoms with Gasteiger partial charge in [-0.15, -0.1) is 0 Å². The minimum Gasteiger partial charge on any atom is -0.372 e. The maximum Gasteiger partial charge on any atom is 0.238 e. The molecule has 0 saturated carbocycles. The number of benzene rings is 2. The SMILES string of the molecule is CC1CCN(c2ccc(NC(=O)C(Br)Cc3ccccc3F)cc2)CC1. The lowest BCUT2D eigenvalue weighted by Crippen LogP contribution is -2.32. The van der Waals surface area contributed by atoms with Crippen LogP contribution in [0.2, 0.25) is 0 Å². The van der Waals surface area contributed by atoms with E-state index < -0.39 is 4.83 Å². The van der Waals surface area contributed by atoms with Gasteiger partial charge >= 0.3 is 0 Å². The number of carbonyl (C=O) groups is 1. The minimum absolute atomic E-state index is 0.173. The molecule has 5 heteroatoms. The van der Waals surface area contributed by atoms with Crippen LogP contribution in [0.1, 0.15) is 25.3 Å². The lowest BCUT2D eigenvalue weighted by Gasteiger charge is -2.32. The third-order valence-corrected chi connectivity index (χ3v) is 5.66. The molecule has 1 aliphatic rings. The Kier molecular flexibility index (Phi) is 6.30. The van der Waals surface area contributed by atoms with E-state index >= 15 is 0 Å². The number of hydrogen-bond acceptors (Lipinski definition) is 2. The van der Waals surface area contributed by atoms with Crippen LogP contribution in [-0.4, -0.2) is 23.8 Å². The van der Waals surface area contributed by atoms with Crippen molar-refractivity contribution < 1.29 is 9.18 Å². The summed E-state index contributed by atoms with van der Waals surface area (Å²) >= 11 is 3.37. The molecule has 138 valence electrons. The second-order valence-corrected chi connectivity index (χ2v) is 8.07. The van der Waals surface area contributed by atoms with Crippen LogP contribution in [0.4, 0.5) is 15.8 Å². The second kappa shape index (κ2) is 8.67. The summed E-state index contributed by atoms with van der Waals surface area (Å²) in [5.41, 5.74) is 2.47. The molecule has 0 spiro atoms. The number of halogens is 2. The first-order chi connectivity index (χ1) is 12.5. The Morgan fingerprint density at radius 1 is 1.19 bits per heavy atom. The number of alkyl halides is 1. The molecule has 1 aliphatic heterocycles. The van der Waals surface area contributed by atoms with Crippen LogP contribution < -0.4 is 10.2 Å². The Labute approximate surface area is 162 Å². The normalized spacial score (nSPS) is 16.3. The van der Waals surface area contributed by atoms with Gasteiger partial charge in [0.25, 0.3) is 0 Å². The summed E-state index contributed by atoms with van der Waals surface area (Å²) in [7, 11) is 0. The van der Waals surface area contributed by atoms with Gasteiger partial charge in [0.15, 0.2) is 0 Å². The predicted molar refractivity (Wildman–Crippen MR) is 109 cm³/mol. The van der Waals surface area contributed by atoms with Gasteiger partial charge in [-0.05, 0) is 61.1 Å². The summed E-state index contributed by atoms with van der Waals surface area (Å²) in [6, 6.07) is 14.5. The summed E-state index contributed by atoms with van der Waals surface area (Å²) in [5.74, 6) is 0.341. The van der Waals surface area contributed by atoms with Crippen molar-refractivity contribution in [3.05, 3.63) is 59.9 Å². The number of amides is 1. The summed E-state index contributed by atoms with van der Waals surface area (Å²) in [4.78, 5) is 14.3. The zero-order chi connectivity index (χ0) is 18.5. The smallest absolute Gasteiger partial charge is 0.238 e. The molecule has 1 saturated heterocycles. The van der Waals surface area contributed by atoms with Gasteiger partial charge in [0.05, 0.1) is 4.83 Å². The molecule has 1 heterocycles. The van der Waals surface area contributed by atoms with E-state index in [1.807, 2.05) is 24.3 Å². The quantitative estimate of drug-likeness (QED) is 0.692. The third-order valence-electron chi connectivity index (χ3n) is 4.93. The summed E-state index contributed by atoms with van der Waals surface area (Å²) in [6.45, 7) is 4.46. The van der Waals surface area contributed by atoms with Crippen LogP contribution in [0.5, 0.6) is 0 Å². The molecule has 0 aliphatic carbocycles. The van der Waals surface area contributed by atoms with Crippen molar-refractivity contribution in [3.63, 3.8) is 0 Å². The first kappa shape index (κ1) is 18.9. The number of carbonyl (C=O) groups excluding carboxylic acids is 1. The molecule has 1 N–H and O–H groups in total. The van der Waals surface area contributed by atoms with E-state index in [0.717, 1.165) is 24.7 Å². The molecule has 26 heavy (non-hydrogen) atoms. The Morgan fingerprint density at radius 3 is 2.50 bits per heavy atom. The highest BCUT2D eigenvalue weighted by atomic mass is 79.9. The van der Waals surface area contributed by atoms with Gasteiger partial charge in [-0.2, -0.15) is 0 Å². The van der Waals surface area contributed by atoms with Gasteiger partial charge in [0.2, 0.25) is 5.91 Å². The van der Waals surface area contributed by atoms with E-state index in [4.69, 9.17) is 0 Å². The van der Waals surface area contributed by atoms with E-state index in [2.05, 4.69) is 33.1 Å². The van der Waals surface area contributed by atoms with E-state index in [-0.39, 0.29) is 11.7 Å². The van der Waals surface area contributed by atoms with E-state index in [0.29, 0.717) is 12.0 Å². The molecule has 2 aromatic rings. The molecule has 1 unspecified atom stereocenters. The maximum atomic E-state index is 13.7. The van der Waals surface area contributed by atoms with Crippen molar-refractivity contribution in [3.8, 4) is 0 Å². The van der Waals surface area contributed by atoms with E-state index in [1.54, 1.807) is 18.2 Å². The molecule has 1 atom stereocenters. The van der Waals surface area contributed by atoms with Crippen LogP contribution in [0.3, 0.4) is 0 Å².